The maximum atomic E-state index is 13.3. The number of methoxy groups -OCH3 is 1. The van der Waals surface area contributed by atoms with Crippen LogP contribution in [-0.2, 0) is 0 Å². The molecule has 2 rings (SSSR count). The summed E-state index contributed by atoms with van der Waals surface area (Å²) in [6, 6.07) is 8.80. The number of carboxylic acids is 1. The molecule has 6 heteroatoms. The SMILES string of the molecule is COc1cc(Nc2ccc(N)c(C(=O)O)c2)ccc1F. The first kappa shape index (κ1) is 13.7. The summed E-state index contributed by atoms with van der Waals surface area (Å²) in [4.78, 5) is 11.0. The molecule has 0 amide bonds. The van der Waals surface area contributed by atoms with E-state index in [0.717, 1.165) is 0 Å². The molecule has 0 atom stereocenters. The summed E-state index contributed by atoms with van der Waals surface area (Å²) in [5.41, 5.74) is 6.86. The highest BCUT2D eigenvalue weighted by Crippen LogP contribution is 2.26. The summed E-state index contributed by atoms with van der Waals surface area (Å²) in [6.07, 6.45) is 0. The van der Waals surface area contributed by atoms with Gasteiger partial charge in [0.15, 0.2) is 11.6 Å². The molecule has 0 saturated carbocycles. The van der Waals surface area contributed by atoms with Gasteiger partial charge >= 0.3 is 5.97 Å². The molecule has 0 heterocycles. The van der Waals surface area contributed by atoms with Crippen molar-refractivity contribution in [3.63, 3.8) is 0 Å². The maximum Gasteiger partial charge on any atom is 0.337 e. The lowest BCUT2D eigenvalue weighted by Crippen LogP contribution is -2.03. The maximum absolute atomic E-state index is 13.3. The number of benzene rings is 2. The predicted octanol–water partition coefficient (Wildman–Crippen LogP) is 2.86. The van der Waals surface area contributed by atoms with Crippen molar-refractivity contribution in [2.75, 3.05) is 18.2 Å². The lowest BCUT2D eigenvalue weighted by molar-refractivity contribution is 0.0698. The molecule has 0 saturated heterocycles. The number of nitrogen functional groups attached to an aromatic ring is 1. The van der Waals surface area contributed by atoms with Crippen LogP contribution in [0.15, 0.2) is 36.4 Å². The zero-order valence-corrected chi connectivity index (χ0v) is 10.7. The summed E-state index contributed by atoms with van der Waals surface area (Å²) in [7, 11) is 1.37. The van der Waals surface area contributed by atoms with Crippen molar-refractivity contribution in [2.45, 2.75) is 0 Å². The molecule has 0 aliphatic heterocycles. The lowest BCUT2D eigenvalue weighted by atomic mass is 10.1. The Labute approximate surface area is 114 Å². The van der Waals surface area contributed by atoms with Crippen LogP contribution in [0.2, 0.25) is 0 Å². The summed E-state index contributed by atoms with van der Waals surface area (Å²) >= 11 is 0. The average Bonchev–Trinajstić information content (AvgIpc) is 2.42. The number of aromatic carboxylic acids is 1. The molecule has 0 radical (unpaired) electrons. The number of rotatable bonds is 4. The Bertz CT molecular complexity index is 659. The minimum absolute atomic E-state index is 0.00377. The minimum Gasteiger partial charge on any atom is -0.494 e. The van der Waals surface area contributed by atoms with Crippen molar-refractivity contribution < 1.29 is 19.0 Å². The first-order valence-corrected chi connectivity index (χ1v) is 5.74. The van der Waals surface area contributed by atoms with Gasteiger partial charge in [-0.1, -0.05) is 0 Å². The fourth-order valence-electron chi connectivity index (χ4n) is 1.72. The van der Waals surface area contributed by atoms with Gasteiger partial charge in [-0.25, -0.2) is 9.18 Å². The number of ether oxygens (including phenoxy) is 1. The van der Waals surface area contributed by atoms with Crippen molar-refractivity contribution in [3.05, 3.63) is 47.8 Å². The van der Waals surface area contributed by atoms with E-state index in [1.807, 2.05) is 0 Å². The van der Waals surface area contributed by atoms with Gasteiger partial charge < -0.3 is 20.9 Å². The van der Waals surface area contributed by atoms with Crippen molar-refractivity contribution >= 4 is 23.0 Å². The number of carboxylic acid groups (broad SMARTS) is 1. The van der Waals surface area contributed by atoms with Gasteiger partial charge in [-0.2, -0.15) is 0 Å². The molecule has 0 spiro atoms. The summed E-state index contributed by atoms with van der Waals surface area (Å²) in [5, 5.41) is 12.0. The quantitative estimate of drug-likeness (QED) is 0.748. The second-order valence-electron chi connectivity index (χ2n) is 4.08. The number of anilines is 3. The third kappa shape index (κ3) is 2.80. The Morgan fingerprint density at radius 2 is 1.90 bits per heavy atom. The Hall–Kier alpha value is -2.76. The molecule has 0 fully saturated rings. The van der Waals surface area contributed by atoms with Crippen molar-refractivity contribution in [1.82, 2.24) is 0 Å². The first-order valence-electron chi connectivity index (χ1n) is 5.74. The highest BCUT2D eigenvalue weighted by molar-refractivity contribution is 5.95. The molecule has 20 heavy (non-hydrogen) atoms. The number of carbonyl (C=O) groups is 1. The normalized spacial score (nSPS) is 10.1. The van der Waals surface area contributed by atoms with Gasteiger partial charge in [-0.15, -0.1) is 0 Å². The molecule has 2 aromatic carbocycles. The fraction of sp³-hybridized carbons (Fsp3) is 0.0714. The standard InChI is InChI=1S/C14H13FN2O3/c1-20-13-7-9(2-4-11(13)15)17-8-3-5-12(16)10(6-8)14(18)19/h2-7,17H,16H2,1H3,(H,18,19). The second-order valence-corrected chi connectivity index (χ2v) is 4.08. The van der Waals surface area contributed by atoms with Crippen LogP contribution in [-0.4, -0.2) is 18.2 Å². The van der Waals surface area contributed by atoms with E-state index >= 15 is 0 Å². The third-order valence-corrected chi connectivity index (χ3v) is 2.72. The van der Waals surface area contributed by atoms with Gasteiger partial charge in [0.1, 0.15) is 0 Å². The van der Waals surface area contributed by atoms with Gasteiger partial charge in [0.05, 0.1) is 12.7 Å². The Kier molecular flexibility index (Phi) is 3.74. The molecule has 2 aromatic rings. The number of nitrogens with two attached hydrogens (primary N) is 1. The van der Waals surface area contributed by atoms with E-state index < -0.39 is 11.8 Å². The summed E-state index contributed by atoms with van der Waals surface area (Å²) in [6.45, 7) is 0. The highest BCUT2D eigenvalue weighted by atomic mass is 19.1. The van der Waals surface area contributed by atoms with Gasteiger partial charge in [0, 0.05) is 23.1 Å². The Morgan fingerprint density at radius 1 is 1.25 bits per heavy atom. The van der Waals surface area contributed by atoms with E-state index in [4.69, 9.17) is 15.6 Å². The molecule has 104 valence electrons. The third-order valence-electron chi connectivity index (χ3n) is 2.72. The number of nitrogens with one attached hydrogen (secondary N) is 1. The van der Waals surface area contributed by atoms with Crippen molar-refractivity contribution in [1.29, 1.82) is 0 Å². The number of hydrogen-bond donors (Lipinski definition) is 3. The molecule has 0 unspecified atom stereocenters. The van der Waals surface area contributed by atoms with E-state index in [0.29, 0.717) is 11.4 Å². The molecule has 0 aliphatic carbocycles. The Balaban J connectivity index is 2.30. The monoisotopic (exact) mass is 276 g/mol. The fourth-order valence-corrected chi connectivity index (χ4v) is 1.72. The average molecular weight is 276 g/mol. The van der Waals surface area contributed by atoms with Crippen LogP contribution in [0.5, 0.6) is 5.75 Å². The smallest absolute Gasteiger partial charge is 0.337 e. The van der Waals surface area contributed by atoms with Crippen molar-refractivity contribution in [2.24, 2.45) is 0 Å². The second kappa shape index (κ2) is 5.48. The van der Waals surface area contributed by atoms with Gasteiger partial charge in [0.25, 0.3) is 0 Å². The largest absolute Gasteiger partial charge is 0.494 e. The first-order chi connectivity index (χ1) is 9.51. The molecule has 5 nitrogen and oxygen atoms in total. The Morgan fingerprint density at radius 3 is 2.55 bits per heavy atom. The van der Waals surface area contributed by atoms with E-state index in [-0.39, 0.29) is 17.0 Å². The van der Waals surface area contributed by atoms with Crippen LogP contribution in [0.4, 0.5) is 21.5 Å². The molecule has 0 bridgehead atoms. The molecule has 0 aliphatic rings. The topological polar surface area (TPSA) is 84.6 Å². The van der Waals surface area contributed by atoms with Crippen LogP contribution in [0.3, 0.4) is 0 Å². The summed E-state index contributed by atoms with van der Waals surface area (Å²) < 4.78 is 18.2. The van der Waals surface area contributed by atoms with Gasteiger partial charge in [-0.3, -0.25) is 0 Å². The highest BCUT2D eigenvalue weighted by Gasteiger charge is 2.09. The van der Waals surface area contributed by atoms with Gasteiger partial charge in [0.2, 0.25) is 0 Å². The van der Waals surface area contributed by atoms with E-state index in [1.54, 1.807) is 6.07 Å². The summed E-state index contributed by atoms with van der Waals surface area (Å²) in [5.74, 6) is -1.48. The van der Waals surface area contributed by atoms with Crippen LogP contribution in [0, 0.1) is 5.82 Å². The van der Waals surface area contributed by atoms with Crippen LogP contribution < -0.4 is 15.8 Å². The zero-order valence-electron chi connectivity index (χ0n) is 10.7. The van der Waals surface area contributed by atoms with E-state index in [2.05, 4.69) is 5.32 Å². The number of halogens is 1. The van der Waals surface area contributed by atoms with Crippen LogP contribution in [0.25, 0.3) is 0 Å². The van der Waals surface area contributed by atoms with Crippen LogP contribution >= 0.6 is 0 Å². The zero-order chi connectivity index (χ0) is 14.7. The van der Waals surface area contributed by atoms with Crippen LogP contribution in [0.1, 0.15) is 10.4 Å². The van der Waals surface area contributed by atoms with Gasteiger partial charge in [-0.05, 0) is 30.3 Å². The van der Waals surface area contributed by atoms with E-state index in [9.17, 15) is 9.18 Å². The number of hydrogen-bond acceptors (Lipinski definition) is 4. The molecule has 0 aromatic heterocycles. The molecular weight excluding hydrogens is 263 g/mol. The van der Waals surface area contributed by atoms with E-state index in [1.165, 1.54) is 37.4 Å². The predicted molar refractivity (Wildman–Crippen MR) is 74.0 cm³/mol. The van der Waals surface area contributed by atoms with Crippen molar-refractivity contribution in [3.8, 4) is 5.75 Å². The molecular formula is C14H13FN2O3. The molecule has 4 N–H and O–H groups in total. The minimum atomic E-state index is -1.11. The lowest BCUT2D eigenvalue weighted by Gasteiger charge is -2.10.